The van der Waals surface area contributed by atoms with Crippen LogP contribution in [0.4, 0.5) is 0 Å². The summed E-state index contributed by atoms with van der Waals surface area (Å²) in [6, 6.07) is 4.21. The third-order valence-electron chi connectivity index (χ3n) is 4.39. The maximum Gasteiger partial charge on any atom is 0.243 e. The van der Waals surface area contributed by atoms with E-state index in [2.05, 4.69) is 5.32 Å². The van der Waals surface area contributed by atoms with E-state index in [1.807, 2.05) is 0 Å². The Balaban J connectivity index is 2.35. The third-order valence-corrected chi connectivity index (χ3v) is 6.57. The lowest BCUT2D eigenvalue weighted by molar-refractivity contribution is -0.121. The van der Waals surface area contributed by atoms with Crippen LogP contribution in [0, 0.1) is 0 Å². The number of carbonyl (C=O) groups is 1. The number of benzene rings is 1. The first-order valence-corrected chi connectivity index (χ1v) is 10.3. The molecule has 1 aliphatic carbocycles. The molecule has 0 heterocycles. The molecule has 1 aliphatic rings. The van der Waals surface area contributed by atoms with Gasteiger partial charge in [-0.15, -0.1) is 0 Å². The normalized spacial score (nSPS) is 16.0. The molecular formula is C17H25ClN2O4S. The van der Waals surface area contributed by atoms with Crippen molar-refractivity contribution in [2.75, 3.05) is 20.2 Å². The van der Waals surface area contributed by atoms with Crippen molar-refractivity contribution in [2.24, 2.45) is 0 Å². The van der Waals surface area contributed by atoms with Gasteiger partial charge in [-0.1, -0.05) is 30.9 Å². The second kappa shape index (κ2) is 8.87. The number of ether oxygens (including phenoxy) is 1. The fourth-order valence-electron chi connectivity index (χ4n) is 3.12. The molecular weight excluding hydrogens is 364 g/mol. The summed E-state index contributed by atoms with van der Waals surface area (Å²) in [6.45, 7) is 2.09. The topological polar surface area (TPSA) is 75.7 Å². The summed E-state index contributed by atoms with van der Waals surface area (Å²) >= 11 is 6.09. The van der Waals surface area contributed by atoms with Crippen LogP contribution in [0.5, 0.6) is 5.75 Å². The summed E-state index contributed by atoms with van der Waals surface area (Å²) < 4.78 is 32.7. The van der Waals surface area contributed by atoms with Crippen LogP contribution in [-0.4, -0.2) is 44.9 Å². The first-order chi connectivity index (χ1) is 11.9. The Labute approximate surface area is 154 Å². The average molecular weight is 389 g/mol. The number of amides is 1. The Bertz CT molecular complexity index is 703. The van der Waals surface area contributed by atoms with Crippen molar-refractivity contribution in [1.82, 2.24) is 9.62 Å². The summed E-state index contributed by atoms with van der Waals surface area (Å²) in [5.41, 5.74) is 0. The van der Waals surface area contributed by atoms with E-state index in [1.165, 1.54) is 29.6 Å². The highest BCUT2D eigenvalue weighted by molar-refractivity contribution is 7.89. The zero-order chi connectivity index (χ0) is 18.4. The number of hydrogen-bond acceptors (Lipinski definition) is 4. The van der Waals surface area contributed by atoms with Gasteiger partial charge in [0, 0.05) is 12.6 Å². The van der Waals surface area contributed by atoms with E-state index in [0.717, 1.165) is 32.1 Å². The van der Waals surface area contributed by atoms with Crippen LogP contribution < -0.4 is 10.1 Å². The molecule has 0 bridgehead atoms. The highest BCUT2D eigenvalue weighted by Gasteiger charge is 2.34. The lowest BCUT2D eigenvalue weighted by Gasteiger charge is -2.33. The predicted molar refractivity (Wildman–Crippen MR) is 97.5 cm³/mol. The van der Waals surface area contributed by atoms with Crippen molar-refractivity contribution in [3.8, 4) is 5.75 Å². The lowest BCUT2D eigenvalue weighted by Crippen LogP contribution is -2.47. The van der Waals surface area contributed by atoms with Gasteiger partial charge in [0.1, 0.15) is 5.75 Å². The molecule has 1 N–H and O–H groups in total. The summed E-state index contributed by atoms with van der Waals surface area (Å²) in [5, 5.41) is 2.90. The number of sulfonamides is 1. The molecule has 1 aromatic rings. The van der Waals surface area contributed by atoms with E-state index >= 15 is 0 Å². The van der Waals surface area contributed by atoms with Crippen molar-refractivity contribution in [3.63, 3.8) is 0 Å². The van der Waals surface area contributed by atoms with Crippen LogP contribution in [0.2, 0.25) is 5.02 Å². The molecule has 1 fully saturated rings. The van der Waals surface area contributed by atoms with Crippen molar-refractivity contribution in [1.29, 1.82) is 0 Å². The summed E-state index contributed by atoms with van der Waals surface area (Å²) in [4.78, 5) is 12.2. The SMILES string of the molecule is CCNC(=O)CN(C1CCCCC1)S(=O)(=O)c1ccc(OC)c(Cl)c1. The van der Waals surface area contributed by atoms with E-state index in [1.54, 1.807) is 6.92 Å². The number of methoxy groups -OCH3 is 1. The molecule has 1 saturated carbocycles. The Morgan fingerprint density at radius 3 is 2.56 bits per heavy atom. The van der Waals surface area contributed by atoms with E-state index in [9.17, 15) is 13.2 Å². The molecule has 6 nitrogen and oxygen atoms in total. The van der Waals surface area contributed by atoms with Crippen molar-refractivity contribution >= 4 is 27.5 Å². The molecule has 1 aromatic carbocycles. The molecule has 2 rings (SSSR count). The van der Waals surface area contributed by atoms with Crippen molar-refractivity contribution < 1.29 is 17.9 Å². The molecule has 140 valence electrons. The summed E-state index contributed by atoms with van der Waals surface area (Å²) in [5.74, 6) is 0.116. The van der Waals surface area contributed by atoms with Gasteiger partial charge >= 0.3 is 0 Å². The average Bonchev–Trinajstić information content (AvgIpc) is 2.60. The van der Waals surface area contributed by atoms with E-state index in [0.29, 0.717) is 12.3 Å². The second-order valence-electron chi connectivity index (χ2n) is 6.09. The zero-order valence-corrected chi connectivity index (χ0v) is 16.2. The van der Waals surface area contributed by atoms with Crippen LogP contribution in [0.3, 0.4) is 0 Å². The molecule has 0 atom stereocenters. The molecule has 0 aliphatic heterocycles. The largest absolute Gasteiger partial charge is 0.495 e. The van der Waals surface area contributed by atoms with Crippen molar-refractivity contribution in [3.05, 3.63) is 23.2 Å². The molecule has 0 spiro atoms. The minimum atomic E-state index is -3.83. The van der Waals surface area contributed by atoms with Gasteiger partial charge in [0.25, 0.3) is 0 Å². The van der Waals surface area contributed by atoms with Gasteiger partial charge in [-0.3, -0.25) is 4.79 Å². The molecule has 0 saturated heterocycles. The Morgan fingerprint density at radius 2 is 2.00 bits per heavy atom. The number of nitrogens with zero attached hydrogens (tertiary/aromatic N) is 1. The lowest BCUT2D eigenvalue weighted by atomic mass is 9.95. The fraction of sp³-hybridized carbons (Fsp3) is 0.588. The smallest absolute Gasteiger partial charge is 0.243 e. The molecule has 1 amide bonds. The molecule has 25 heavy (non-hydrogen) atoms. The van der Waals surface area contributed by atoms with Gasteiger partial charge in [-0.2, -0.15) is 4.31 Å². The maximum absolute atomic E-state index is 13.2. The quantitative estimate of drug-likeness (QED) is 0.779. The van der Waals surface area contributed by atoms with Gasteiger partial charge in [-0.05, 0) is 38.0 Å². The molecule has 0 unspecified atom stereocenters. The van der Waals surface area contributed by atoms with Gasteiger partial charge < -0.3 is 10.1 Å². The number of nitrogens with one attached hydrogen (secondary N) is 1. The molecule has 0 radical (unpaired) electrons. The highest BCUT2D eigenvalue weighted by Crippen LogP contribution is 2.31. The monoisotopic (exact) mass is 388 g/mol. The van der Waals surface area contributed by atoms with Gasteiger partial charge in [0.05, 0.1) is 23.6 Å². The second-order valence-corrected chi connectivity index (χ2v) is 8.39. The van der Waals surface area contributed by atoms with Crippen LogP contribution >= 0.6 is 11.6 Å². The Kier molecular flexibility index (Phi) is 7.10. The van der Waals surface area contributed by atoms with Crippen LogP contribution in [0.25, 0.3) is 0 Å². The number of rotatable bonds is 7. The van der Waals surface area contributed by atoms with Gasteiger partial charge in [0.2, 0.25) is 15.9 Å². The first-order valence-electron chi connectivity index (χ1n) is 8.52. The third kappa shape index (κ3) is 4.86. The van der Waals surface area contributed by atoms with E-state index < -0.39 is 10.0 Å². The van der Waals surface area contributed by atoms with Crippen LogP contribution in [0.1, 0.15) is 39.0 Å². The maximum atomic E-state index is 13.2. The van der Waals surface area contributed by atoms with Gasteiger partial charge in [-0.25, -0.2) is 8.42 Å². The first kappa shape index (κ1) is 20.0. The number of likely N-dealkylation sites (N-methyl/N-ethyl adjacent to an activating group) is 1. The Hall–Kier alpha value is -1.31. The fourth-order valence-corrected chi connectivity index (χ4v) is 5.11. The summed E-state index contributed by atoms with van der Waals surface area (Å²) in [6.07, 6.45) is 4.57. The van der Waals surface area contributed by atoms with Gasteiger partial charge in [0.15, 0.2) is 0 Å². The van der Waals surface area contributed by atoms with Crippen molar-refractivity contribution in [2.45, 2.75) is 50.0 Å². The van der Waals surface area contributed by atoms with E-state index in [-0.39, 0.29) is 28.4 Å². The standard InChI is InChI=1S/C17H25ClN2O4S/c1-3-19-17(21)12-20(13-7-5-4-6-8-13)25(22,23)14-9-10-16(24-2)15(18)11-14/h9-11,13H,3-8,12H2,1-2H3,(H,19,21). The minimum Gasteiger partial charge on any atom is -0.495 e. The Morgan fingerprint density at radius 1 is 1.32 bits per heavy atom. The minimum absolute atomic E-state index is 0.0770. The predicted octanol–water partition coefficient (Wildman–Crippen LogP) is 2.81. The summed E-state index contributed by atoms with van der Waals surface area (Å²) in [7, 11) is -2.36. The number of halogens is 1. The molecule has 8 heteroatoms. The number of hydrogen-bond donors (Lipinski definition) is 1. The van der Waals surface area contributed by atoms with Crippen LogP contribution in [-0.2, 0) is 14.8 Å². The van der Waals surface area contributed by atoms with Crippen LogP contribution in [0.15, 0.2) is 23.1 Å². The zero-order valence-electron chi connectivity index (χ0n) is 14.6. The highest BCUT2D eigenvalue weighted by atomic mass is 35.5. The number of carbonyl (C=O) groups excluding carboxylic acids is 1. The molecule has 0 aromatic heterocycles. The van der Waals surface area contributed by atoms with E-state index in [4.69, 9.17) is 16.3 Å².